The second-order valence-electron chi connectivity index (χ2n) is 5.56. The standard InChI is InChI=1S/C16H20N4O2/c1-19-10-14(9-17-19)20-7-3-6-15(16(20)22)18-13-5-2-4-12(8-13)11-21/h2,4-5,8-10,15,18,21H,3,6-7,11H2,1H3. The van der Waals surface area contributed by atoms with Crippen molar-refractivity contribution in [3.8, 4) is 0 Å². The van der Waals surface area contributed by atoms with Crippen LogP contribution in [0.25, 0.3) is 0 Å². The summed E-state index contributed by atoms with van der Waals surface area (Å²) >= 11 is 0. The van der Waals surface area contributed by atoms with Gasteiger partial charge in [-0.25, -0.2) is 0 Å². The topological polar surface area (TPSA) is 70.4 Å². The molecule has 2 N–H and O–H groups in total. The molecule has 1 aromatic heterocycles. The van der Waals surface area contributed by atoms with Crippen LogP contribution in [0.1, 0.15) is 18.4 Å². The van der Waals surface area contributed by atoms with Gasteiger partial charge in [-0.1, -0.05) is 12.1 Å². The van der Waals surface area contributed by atoms with Crippen molar-refractivity contribution in [1.29, 1.82) is 0 Å². The van der Waals surface area contributed by atoms with Crippen LogP contribution >= 0.6 is 0 Å². The highest BCUT2D eigenvalue weighted by atomic mass is 16.3. The number of amides is 1. The first-order valence-corrected chi connectivity index (χ1v) is 7.44. The van der Waals surface area contributed by atoms with Gasteiger partial charge in [-0.15, -0.1) is 0 Å². The van der Waals surface area contributed by atoms with Gasteiger partial charge in [0.25, 0.3) is 0 Å². The van der Waals surface area contributed by atoms with Crippen molar-refractivity contribution >= 4 is 17.3 Å². The van der Waals surface area contributed by atoms with Crippen LogP contribution in [0.4, 0.5) is 11.4 Å². The van der Waals surface area contributed by atoms with Gasteiger partial charge < -0.3 is 15.3 Å². The summed E-state index contributed by atoms with van der Waals surface area (Å²) < 4.78 is 1.70. The molecule has 2 heterocycles. The molecule has 3 rings (SSSR count). The van der Waals surface area contributed by atoms with Crippen LogP contribution in [-0.4, -0.2) is 33.4 Å². The van der Waals surface area contributed by atoms with Crippen LogP contribution in [0.3, 0.4) is 0 Å². The largest absolute Gasteiger partial charge is 0.392 e. The summed E-state index contributed by atoms with van der Waals surface area (Å²) in [5.74, 6) is 0.0636. The van der Waals surface area contributed by atoms with Gasteiger partial charge >= 0.3 is 0 Å². The quantitative estimate of drug-likeness (QED) is 0.898. The SMILES string of the molecule is Cn1cc(N2CCCC(Nc3cccc(CO)c3)C2=O)cn1. The van der Waals surface area contributed by atoms with Gasteiger partial charge in [0.1, 0.15) is 6.04 Å². The lowest BCUT2D eigenvalue weighted by molar-refractivity contribution is -0.120. The lowest BCUT2D eigenvalue weighted by atomic mass is 10.0. The predicted octanol–water partition coefficient (Wildman–Crippen LogP) is 1.52. The van der Waals surface area contributed by atoms with E-state index in [0.29, 0.717) is 0 Å². The number of aryl methyl sites for hydroxylation is 1. The molecule has 0 spiro atoms. The van der Waals surface area contributed by atoms with Crippen LogP contribution in [0.5, 0.6) is 0 Å². The molecule has 1 atom stereocenters. The number of aromatic nitrogens is 2. The van der Waals surface area contributed by atoms with E-state index in [9.17, 15) is 9.90 Å². The third kappa shape index (κ3) is 2.96. The zero-order chi connectivity index (χ0) is 15.5. The molecule has 1 fully saturated rings. The Kier molecular flexibility index (Phi) is 4.11. The Morgan fingerprint density at radius 3 is 3.05 bits per heavy atom. The number of aliphatic hydroxyl groups excluding tert-OH is 1. The minimum atomic E-state index is -0.247. The molecule has 1 amide bonds. The number of piperidine rings is 1. The van der Waals surface area contributed by atoms with Gasteiger partial charge in [0.2, 0.25) is 5.91 Å². The molecule has 1 aromatic carbocycles. The highest BCUT2D eigenvalue weighted by molar-refractivity contribution is 5.99. The number of hydrogen-bond acceptors (Lipinski definition) is 4. The molecule has 2 aromatic rings. The first-order chi connectivity index (χ1) is 10.7. The summed E-state index contributed by atoms with van der Waals surface area (Å²) in [6.07, 6.45) is 5.32. The third-order valence-corrected chi connectivity index (χ3v) is 3.89. The Morgan fingerprint density at radius 1 is 1.45 bits per heavy atom. The number of carbonyl (C=O) groups is 1. The molecule has 1 saturated heterocycles. The zero-order valence-electron chi connectivity index (χ0n) is 12.6. The van der Waals surface area contributed by atoms with E-state index in [0.717, 1.165) is 36.3 Å². The summed E-state index contributed by atoms with van der Waals surface area (Å²) in [7, 11) is 1.84. The number of carbonyl (C=O) groups excluding carboxylic acids is 1. The predicted molar refractivity (Wildman–Crippen MR) is 84.6 cm³/mol. The summed E-state index contributed by atoms with van der Waals surface area (Å²) in [4.78, 5) is 14.5. The lowest BCUT2D eigenvalue weighted by Gasteiger charge is -2.32. The van der Waals surface area contributed by atoms with Crippen LogP contribution in [0, 0.1) is 0 Å². The monoisotopic (exact) mass is 300 g/mol. The van der Waals surface area contributed by atoms with E-state index in [2.05, 4.69) is 10.4 Å². The van der Waals surface area contributed by atoms with Crippen molar-refractivity contribution < 1.29 is 9.90 Å². The maximum absolute atomic E-state index is 12.7. The minimum absolute atomic E-state index is 0.00402. The number of nitrogens with one attached hydrogen (secondary N) is 1. The van der Waals surface area contributed by atoms with Crippen molar-refractivity contribution in [1.82, 2.24) is 9.78 Å². The lowest BCUT2D eigenvalue weighted by Crippen LogP contribution is -2.47. The Balaban J connectivity index is 1.75. The van der Waals surface area contributed by atoms with Gasteiger partial charge in [-0.05, 0) is 30.5 Å². The van der Waals surface area contributed by atoms with Gasteiger partial charge in [-0.2, -0.15) is 5.10 Å². The summed E-state index contributed by atoms with van der Waals surface area (Å²) in [5, 5.41) is 16.6. The van der Waals surface area contributed by atoms with Crippen molar-refractivity contribution in [3.63, 3.8) is 0 Å². The fourth-order valence-corrected chi connectivity index (χ4v) is 2.77. The zero-order valence-corrected chi connectivity index (χ0v) is 12.6. The molecule has 0 aliphatic carbocycles. The number of anilines is 2. The maximum Gasteiger partial charge on any atom is 0.249 e. The minimum Gasteiger partial charge on any atom is -0.392 e. The fraction of sp³-hybridized carbons (Fsp3) is 0.375. The molecule has 22 heavy (non-hydrogen) atoms. The Labute approximate surface area is 129 Å². The Bertz CT molecular complexity index is 668. The molecule has 1 unspecified atom stereocenters. The Morgan fingerprint density at radius 2 is 2.32 bits per heavy atom. The molecule has 116 valence electrons. The number of aliphatic hydroxyl groups is 1. The van der Waals surface area contributed by atoms with Crippen molar-refractivity contribution in [3.05, 3.63) is 42.2 Å². The summed E-state index contributed by atoms with van der Waals surface area (Å²) in [6, 6.07) is 7.27. The molecule has 1 aliphatic rings. The van der Waals surface area contributed by atoms with Crippen LogP contribution in [-0.2, 0) is 18.4 Å². The van der Waals surface area contributed by atoms with E-state index in [-0.39, 0.29) is 18.6 Å². The molecule has 6 heteroatoms. The molecule has 0 saturated carbocycles. The fourth-order valence-electron chi connectivity index (χ4n) is 2.77. The number of rotatable bonds is 4. The van der Waals surface area contributed by atoms with E-state index < -0.39 is 0 Å². The summed E-state index contributed by atoms with van der Waals surface area (Å²) in [5.41, 5.74) is 2.53. The average Bonchev–Trinajstić information content (AvgIpc) is 2.96. The first-order valence-electron chi connectivity index (χ1n) is 7.44. The highest BCUT2D eigenvalue weighted by Crippen LogP contribution is 2.23. The molecule has 0 bridgehead atoms. The van der Waals surface area contributed by atoms with E-state index >= 15 is 0 Å². The van der Waals surface area contributed by atoms with Crippen molar-refractivity contribution in [2.75, 3.05) is 16.8 Å². The molecule has 1 aliphatic heterocycles. The smallest absolute Gasteiger partial charge is 0.249 e. The molecule has 6 nitrogen and oxygen atoms in total. The van der Waals surface area contributed by atoms with E-state index in [1.54, 1.807) is 15.8 Å². The molecule has 0 radical (unpaired) electrons. The second kappa shape index (κ2) is 6.19. The van der Waals surface area contributed by atoms with Gasteiger partial charge in [0.05, 0.1) is 18.5 Å². The van der Waals surface area contributed by atoms with Crippen LogP contribution in [0.15, 0.2) is 36.7 Å². The molecular weight excluding hydrogens is 280 g/mol. The van der Waals surface area contributed by atoms with Crippen molar-refractivity contribution in [2.24, 2.45) is 7.05 Å². The average molecular weight is 300 g/mol. The van der Waals surface area contributed by atoms with Gasteiger partial charge in [0.15, 0.2) is 0 Å². The highest BCUT2D eigenvalue weighted by Gasteiger charge is 2.30. The maximum atomic E-state index is 12.7. The van der Waals surface area contributed by atoms with Gasteiger partial charge in [0, 0.05) is 25.5 Å². The Hall–Kier alpha value is -2.34. The normalized spacial score (nSPS) is 18.5. The summed E-state index contributed by atoms with van der Waals surface area (Å²) in [6.45, 7) is 0.718. The van der Waals surface area contributed by atoms with Gasteiger partial charge in [-0.3, -0.25) is 9.48 Å². The number of hydrogen-bond donors (Lipinski definition) is 2. The van der Waals surface area contributed by atoms with Crippen LogP contribution in [0.2, 0.25) is 0 Å². The van der Waals surface area contributed by atoms with Crippen LogP contribution < -0.4 is 10.2 Å². The van der Waals surface area contributed by atoms with E-state index in [4.69, 9.17) is 0 Å². The first kappa shape index (κ1) is 14.6. The van der Waals surface area contributed by atoms with E-state index in [1.165, 1.54) is 0 Å². The second-order valence-corrected chi connectivity index (χ2v) is 5.56. The van der Waals surface area contributed by atoms with Crippen molar-refractivity contribution in [2.45, 2.75) is 25.5 Å². The number of nitrogens with zero attached hydrogens (tertiary/aromatic N) is 3. The molecular formula is C16H20N4O2. The van der Waals surface area contributed by atoms with E-state index in [1.807, 2.05) is 37.5 Å². The number of benzene rings is 1. The third-order valence-electron chi connectivity index (χ3n) is 3.89.